The van der Waals surface area contributed by atoms with E-state index in [1.807, 2.05) is 0 Å². The molecule has 0 spiro atoms. The van der Waals surface area contributed by atoms with E-state index in [1.54, 1.807) is 0 Å². The Hall–Kier alpha value is -5.48. The van der Waals surface area contributed by atoms with Crippen LogP contribution in [0.5, 0.6) is 0 Å². The lowest BCUT2D eigenvalue weighted by Crippen LogP contribution is -1.80. The minimum atomic E-state index is 1.01. The zero-order valence-corrected chi connectivity index (χ0v) is 21.9. The van der Waals surface area contributed by atoms with E-state index in [4.69, 9.17) is 0 Å². The Morgan fingerprint density at radius 1 is 0.317 bits per heavy atom. The van der Waals surface area contributed by atoms with Crippen molar-refractivity contribution in [3.05, 3.63) is 108 Å². The fourth-order valence-electron chi connectivity index (χ4n) is 7.67. The SMILES string of the molecule is c1ccc2c(c1)Cc1cc3c(cc1-2)[nH]c1cc2[nH]c4cc5[nH]c6cc7c(cc6c5cc4c2cc13)[nH]c1ccccc17. The lowest BCUT2D eigenvalue weighted by atomic mass is 10.0. The van der Waals surface area contributed by atoms with Gasteiger partial charge >= 0.3 is 0 Å². The van der Waals surface area contributed by atoms with Gasteiger partial charge in [0.25, 0.3) is 0 Å². The molecule has 11 rings (SSSR count). The van der Waals surface area contributed by atoms with Gasteiger partial charge in [0, 0.05) is 87.2 Å². The van der Waals surface area contributed by atoms with Gasteiger partial charge in [-0.25, -0.2) is 0 Å². The van der Waals surface area contributed by atoms with Crippen LogP contribution in [0.15, 0.2) is 97.1 Å². The molecule has 0 fully saturated rings. The number of aromatic amines is 4. The average Bonchev–Trinajstić information content (AvgIpc) is 3.78. The normalized spacial score (nSPS) is 13.3. The topological polar surface area (TPSA) is 63.2 Å². The Bertz CT molecular complexity index is 2780. The molecular formula is C37H22N4. The number of hydrogen-bond donors (Lipinski definition) is 4. The first kappa shape index (κ1) is 20.4. The fraction of sp³-hybridized carbons (Fsp3) is 0.0270. The third kappa shape index (κ3) is 2.51. The molecule has 0 atom stereocenters. The van der Waals surface area contributed by atoms with Gasteiger partial charge < -0.3 is 19.9 Å². The maximum absolute atomic E-state index is 3.73. The number of benzene rings is 6. The molecule has 0 bridgehead atoms. The van der Waals surface area contributed by atoms with Gasteiger partial charge in [-0.3, -0.25) is 0 Å². The Kier molecular flexibility index (Phi) is 3.39. The Labute approximate surface area is 232 Å². The lowest BCUT2D eigenvalue weighted by molar-refractivity contribution is 1.27. The predicted octanol–water partition coefficient (Wildman–Crippen LogP) is 9.80. The molecule has 0 amide bonds. The van der Waals surface area contributed by atoms with Crippen LogP contribution in [-0.2, 0) is 6.42 Å². The van der Waals surface area contributed by atoms with E-state index in [-0.39, 0.29) is 0 Å². The van der Waals surface area contributed by atoms with Crippen molar-refractivity contribution < 1.29 is 0 Å². The molecule has 0 saturated carbocycles. The van der Waals surface area contributed by atoms with E-state index < -0.39 is 0 Å². The van der Waals surface area contributed by atoms with E-state index >= 15 is 0 Å². The molecule has 10 aromatic rings. The van der Waals surface area contributed by atoms with Crippen molar-refractivity contribution >= 4 is 87.2 Å². The number of nitrogens with one attached hydrogen (secondary N) is 4. The smallest absolute Gasteiger partial charge is 0.0486 e. The molecule has 6 aromatic carbocycles. The largest absolute Gasteiger partial charge is 0.354 e. The maximum atomic E-state index is 3.73. The number of H-pyrrole nitrogens is 4. The van der Waals surface area contributed by atoms with Crippen LogP contribution in [0.2, 0.25) is 0 Å². The molecule has 0 aliphatic heterocycles. The zero-order chi connectivity index (χ0) is 26.4. The molecular weight excluding hydrogens is 500 g/mol. The number of rotatable bonds is 0. The van der Waals surface area contributed by atoms with E-state index in [0.717, 1.165) is 23.0 Å². The monoisotopic (exact) mass is 522 g/mol. The summed E-state index contributed by atoms with van der Waals surface area (Å²) in [5, 5.41) is 10.1. The van der Waals surface area contributed by atoms with Gasteiger partial charge in [-0.2, -0.15) is 0 Å². The molecule has 1 aliphatic carbocycles. The molecule has 4 aromatic heterocycles. The first-order valence-corrected chi connectivity index (χ1v) is 14.2. The summed E-state index contributed by atoms with van der Waals surface area (Å²) in [6, 6.07) is 36.0. The van der Waals surface area contributed by atoms with E-state index in [1.165, 1.54) is 92.9 Å². The summed E-state index contributed by atoms with van der Waals surface area (Å²) in [5.74, 6) is 0. The van der Waals surface area contributed by atoms with Gasteiger partial charge in [-0.1, -0.05) is 42.5 Å². The lowest BCUT2D eigenvalue weighted by Gasteiger charge is -2.01. The van der Waals surface area contributed by atoms with Gasteiger partial charge in [0.15, 0.2) is 0 Å². The summed E-state index contributed by atoms with van der Waals surface area (Å²) < 4.78 is 0. The number of aromatic nitrogens is 4. The van der Waals surface area contributed by atoms with Gasteiger partial charge in [-0.05, 0) is 83.3 Å². The van der Waals surface area contributed by atoms with Crippen molar-refractivity contribution in [2.24, 2.45) is 0 Å². The molecule has 41 heavy (non-hydrogen) atoms. The summed E-state index contributed by atoms with van der Waals surface area (Å²) in [7, 11) is 0. The third-order valence-electron chi connectivity index (χ3n) is 9.57. The Morgan fingerprint density at radius 2 is 0.805 bits per heavy atom. The van der Waals surface area contributed by atoms with Crippen LogP contribution in [0.4, 0.5) is 0 Å². The van der Waals surface area contributed by atoms with Gasteiger partial charge in [-0.15, -0.1) is 0 Å². The molecule has 0 unspecified atom stereocenters. The van der Waals surface area contributed by atoms with Crippen LogP contribution in [-0.4, -0.2) is 19.9 Å². The fourth-order valence-corrected chi connectivity index (χ4v) is 7.67. The Morgan fingerprint density at radius 3 is 1.51 bits per heavy atom. The van der Waals surface area contributed by atoms with Crippen LogP contribution < -0.4 is 0 Å². The molecule has 0 saturated heterocycles. The van der Waals surface area contributed by atoms with E-state index in [9.17, 15) is 0 Å². The second-order valence-corrected chi connectivity index (χ2v) is 11.8. The molecule has 4 heterocycles. The van der Waals surface area contributed by atoms with Crippen LogP contribution in [0, 0.1) is 0 Å². The Balaban J connectivity index is 1.17. The number of fused-ring (bicyclic) bond motifs is 15. The quantitative estimate of drug-likeness (QED) is 0.153. The molecule has 190 valence electrons. The molecule has 4 nitrogen and oxygen atoms in total. The molecule has 0 radical (unpaired) electrons. The van der Waals surface area contributed by atoms with Crippen LogP contribution >= 0.6 is 0 Å². The number of para-hydroxylation sites is 1. The average molecular weight is 523 g/mol. The van der Waals surface area contributed by atoms with Crippen molar-refractivity contribution in [3.8, 4) is 11.1 Å². The predicted molar refractivity (Wildman–Crippen MR) is 172 cm³/mol. The van der Waals surface area contributed by atoms with Crippen LogP contribution in [0.3, 0.4) is 0 Å². The van der Waals surface area contributed by atoms with Crippen molar-refractivity contribution in [1.82, 2.24) is 19.9 Å². The van der Waals surface area contributed by atoms with E-state index in [0.29, 0.717) is 0 Å². The minimum Gasteiger partial charge on any atom is -0.354 e. The summed E-state index contributed by atoms with van der Waals surface area (Å²) >= 11 is 0. The molecule has 1 aliphatic rings. The highest BCUT2D eigenvalue weighted by molar-refractivity contribution is 6.23. The van der Waals surface area contributed by atoms with Gasteiger partial charge in [0.05, 0.1) is 0 Å². The summed E-state index contributed by atoms with van der Waals surface area (Å²) in [4.78, 5) is 14.8. The highest BCUT2D eigenvalue weighted by atomic mass is 14.8. The highest BCUT2D eigenvalue weighted by Gasteiger charge is 2.20. The van der Waals surface area contributed by atoms with Gasteiger partial charge in [0.1, 0.15) is 0 Å². The zero-order valence-electron chi connectivity index (χ0n) is 21.9. The van der Waals surface area contributed by atoms with Crippen molar-refractivity contribution in [2.45, 2.75) is 6.42 Å². The second kappa shape index (κ2) is 6.80. The minimum absolute atomic E-state index is 1.01. The third-order valence-corrected chi connectivity index (χ3v) is 9.57. The van der Waals surface area contributed by atoms with Crippen molar-refractivity contribution in [3.63, 3.8) is 0 Å². The van der Waals surface area contributed by atoms with Crippen LogP contribution in [0.25, 0.3) is 98.4 Å². The standard InChI is InChI=1S/C37H22N4/c1-2-6-20-18(5-1)9-19-10-23-24-11-25-26-12-27-29-15-32-28(21-7-3-4-8-30(21)38-32)14-33(29)40-37(27)17-36(26)41-35(25)16-34(24)39-31(23)13-22(19)20/h1-8,10-17,38-41H,9H2. The summed E-state index contributed by atoms with van der Waals surface area (Å²) in [5.41, 5.74) is 14.9. The highest BCUT2D eigenvalue weighted by Crippen LogP contribution is 2.42. The summed E-state index contributed by atoms with van der Waals surface area (Å²) in [6.07, 6.45) is 1.01. The first-order valence-electron chi connectivity index (χ1n) is 14.2. The van der Waals surface area contributed by atoms with Crippen molar-refractivity contribution in [2.75, 3.05) is 0 Å². The molecule has 4 heteroatoms. The second-order valence-electron chi connectivity index (χ2n) is 11.8. The van der Waals surface area contributed by atoms with E-state index in [2.05, 4.69) is 117 Å². The van der Waals surface area contributed by atoms with Crippen molar-refractivity contribution in [1.29, 1.82) is 0 Å². The van der Waals surface area contributed by atoms with Gasteiger partial charge in [0.2, 0.25) is 0 Å². The van der Waals surface area contributed by atoms with Crippen LogP contribution in [0.1, 0.15) is 11.1 Å². The number of hydrogen-bond acceptors (Lipinski definition) is 0. The maximum Gasteiger partial charge on any atom is 0.0486 e. The summed E-state index contributed by atoms with van der Waals surface area (Å²) in [6.45, 7) is 0. The molecule has 4 N–H and O–H groups in total. The first-order chi connectivity index (χ1) is 20.2.